The molecule has 1 aliphatic heterocycles. The van der Waals surface area contributed by atoms with Crippen molar-refractivity contribution in [1.29, 1.82) is 0 Å². The smallest absolute Gasteiger partial charge is 0.414 e. The first-order valence-corrected chi connectivity index (χ1v) is 5.55. The van der Waals surface area contributed by atoms with Gasteiger partial charge in [0.1, 0.15) is 11.9 Å². The fourth-order valence-electron chi connectivity index (χ4n) is 1.70. The van der Waals surface area contributed by atoms with Crippen LogP contribution < -0.4 is 4.90 Å². The molecule has 1 aromatic carbocycles. The van der Waals surface area contributed by atoms with E-state index in [1.54, 1.807) is 24.3 Å². The lowest BCUT2D eigenvalue weighted by atomic mass is 10.2. The number of hydrogen-bond acceptors (Lipinski definition) is 4. The van der Waals surface area contributed by atoms with E-state index in [2.05, 4.69) is 0 Å². The van der Waals surface area contributed by atoms with Crippen LogP contribution in [0.2, 0.25) is 0 Å². The van der Waals surface area contributed by atoms with Gasteiger partial charge in [0, 0.05) is 12.3 Å². The van der Waals surface area contributed by atoms with Crippen molar-refractivity contribution >= 4 is 11.8 Å². The quantitative estimate of drug-likeness (QED) is 0.866. The number of ether oxygens (including phenoxy) is 2. The Morgan fingerprint density at radius 2 is 2.18 bits per heavy atom. The van der Waals surface area contributed by atoms with Crippen LogP contribution in [0.1, 0.15) is 6.92 Å². The molecule has 1 aromatic rings. The van der Waals surface area contributed by atoms with Crippen LogP contribution in [0.25, 0.3) is 0 Å². The first-order valence-electron chi connectivity index (χ1n) is 5.55. The summed E-state index contributed by atoms with van der Waals surface area (Å²) in [5.74, 6) is 0.173. The van der Waals surface area contributed by atoms with Gasteiger partial charge in [-0.1, -0.05) is 0 Å². The molecule has 0 spiro atoms. The highest BCUT2D eigenvalue weighted by Crippen LogP contribution is 2.23. The van der Waals surface area contributed by atoms with Gasteiger partial charge in [-0.05, 0) is 31.2 Å². The van der Waals surface area contributed by atoms with Crippen LogP contribution in [0.15, 0.2) is 24.3 Å². The Bertz CT molecular complexity index is 390. The van der Waals surface area contributed by atoms with Gasteiger partial charge in [-0.25, -0.2) is 4.79 Å². The molecule has 5 heteroatoms. The van der Waals surface area contributed by atoms with E-state index in [1.165, 1.54) is 4.90 Å². The minimum Gasteiger partial charge on any atom is -0.508 e. The second-order valence-corrected chi connectivity index (χ2v) is 3.79. The zero-order chi connectivity index (χ0) is 12.3. The van der Waals surface area contributed by atoms with Crippen molar-refractivity contribution < 1.29 is 19.4 Å². The molecule has 1 N–H and O–H groups in total. The maximum absolute atomic E-state index is 11.6. The molecule has 5 nitrogen and oxygen atoms in total. The minimum absolute atomic E-state index is 0.173. The third-order valence-corrected chi connectivity index (χ3v) is 2.54. The van der Waals surface area contributed by atoms with Crippen molar-refractivity contribution in [2.45, 2.75) is 13.0 Å². The van der Waals surface area contributed by atoms with Gasteiger partial charge < -0.3 is 14.6 Å². The number of cyclic esters (lactones) is 1. The number of aromatic hydroxyl groups is 1. The number of amides is 1. The third-order valence-electron chi connectivity index (χ3n) is 2.54. The van der Waals surface area contributed by atoms with E-state index in [9.17, 15) is 9.90 Å². The molecule has 0 aliphatic carbocycles. The second-order valence-electron chi connectivity index (χ2n) is 3.79. The summed E-state index contributed by atoms with van der Waals surface area (Å²) in [5, 5.41) is 9.18. The molecule has 2 rings (SSSR count). The Labute approximate surface area is 99.6 Å². The van der Waals surface area contributed by atoms with E-state index in [1.807, 2.05) is 6.92 Å². The fraction of sp³-hybridized carbons (Fsp3) is 0.417. The number of anilines is 1. The summed E-state index contributed by atoms with van der Waals surface area (Å²) in [6.45, 7) is 3.39. The normalized spacial score (nSPS) is 19.5. The largest absolute Gasteiger partial charge is 0.508 e. The summed E-state index contributed by atoms with van der Waals surface area (Å²) in [6.07, 6.45) is -0.600. The molecule has 92 valence electrons. The summed E-state index contributed by atoms with van der Waals surface area (Å²) < 4.78 is 10.4. The summed E-state index contributed by atoms with van der Waals surface area (Å²) in [5.41, 5.74) is 0.715. The highest BCUT2D eigenvalue weighted by Gasteiger charge is 2.32. The summed E-state index contributed by atoms with van der Waals surface area (Å²) in [7, 11) is 0. The molecular formula is C12H15NO4. The van der Waals surface area contributed by atoms with Crippen LogP contribution in [0.5, 0.6) is 5.75 Å². The number of nitrogens with zero attached hydrogens (tertiary/aromatic N) is 1. The lowest BCUT2D eigenvalue weighted by Gasteiger charge is -2.12. The highest BCUT2D eigenvalue weighted by molar-refractivity contribution is 5.89. The number of phenolic OH excluding ortho intramolecular Hbond substituents is 1. The van der Waals surface area contributed by atoms with Crippen LogP contribution in [-0.2, 0) is 9.47 Å². The fourth-order valence-corrected chi connectivity index (χ4v) is 1.70. The standard InChI is InChI=1S/C12H15NO4/c1-2-16-8-11-7-13(12(15)17-11)9-3-5-10(14)6-4-9/h3-6,11,14H,2,7-8H2,1H3. The lowest BCUT2D eigenvalue weighted by molar-refractivity contribution is 0.0516. The molecule has 1 aliphatic rings. The van der Waals surface area contributed by atoms with E-state index in [0.717, 1.165) is 0 Å². The number of carbonyl (C=O) groups is 1. The third kappa shape index (κ3) is 2.68. The Balaban J connectivity index is 2.02. The summed E-state index contributed by atoms with van der Waals surface area (Å²) in [4.78, 5) is 13.1. The van der Waals surface area contributed by atoms with Crippen LogP contribution in [-0.4, -0.2) is 37.1 Å². The van der Waals surface area contributed by atoms with Crippen molar-refractivity contribution in [3.8, 4) is 5.75 Å². The zero-order valence-electron chi connectivity index (χ0n) is 9.63. The van der Waals surface area contributed by atoms with Crippen molar-refractivity contribution in [3.05, 3.63) is 24.3 Å². The molecule has 0 aromatic heterocycles. The predicted octanol–water partition coefficient (Wildman–Crippen LogP) is 1.75. The van der Waals surface area contributed by atoms with Crippen molar-refractivity contribution in [2.24, 2.45) is 0 Å². The van der Waals surface area contributed by atoms with Crippen LogP contribution in [0.4, 0.5) is 10.5 Å². The minimum atomic E-state index is -0.375. The molecule has 0 radical (unpaired) electrons. The molecule has 0 bridgehead atoms. The van der Waals surface area contributed by atoms with Gasteiger partial charge in [0.25, 0.3) is 0 Å². The van der Waals surface area contributed by atoms with Crippen LogP contribution >= 0.6 is 0 Å². The van der Waals surface area contributed by atoms with Crippen molar-refractivity contribution in [2.75, 3.05) is 24.7 Å². The topological polar surface area (TPSA) is 59.0 Å². The van der Waals surface area contributed by atoms with E-state index in [4.69, 9.17) is 9.47 Å². The zero-order valence-corrected chi connectivity index (χ0v) is 9.63. The number of carbonyl (C=O) groups excluding carboxylic acids is 1. The molecular weight excluding hydrogens is 222 g/mol. The van der Waals surface area contributed by atoms with Gasteiger partial charge in [-0.2, -0.15) is 0 Å². The van der Waals surface area contributed by atoms with Crippen molar-refractivity contribution in [3.63, 3.8) is 0 Å². The Morgan fingerprint density at radius 1 is 1.47 bits per heavy atom. The Kier molecular flexibility index (Phi) is 3.49. The van der Waals surface area contributed by atoms with E-state index in [0.29, 0.717) is 25.4 Å². The SMILES string of the molecule is CCOCC1CN(c2ccc(O)cc2)C(=O)O1. The van der Waals surface area contributed by atoms with Gasteiger partial charge in [0.15, 0.2) is 0 Å². The summed E-state index contributed by atoms with van der Waals surface area (Å²) >= 11 is 0. The number of phenols is 1. The van der Waals surface area contributed by atoms with Gasteiger partial charge >= 0.3 is 6.09 Å². The van der Waals surface area contributed by atoms with E-state index >= 15 is 0 Å². The molecule has 1 unspecified atom stereocenters. The monoisotopic (exact) mass is 237 g/mol. The average Bonchev–Trinajstić information content (AvgIpc) is 2.69. The van der Waals surface area contributed by atoms with Gasteiger partial charge in [-0.3, -0.25) is 4.90 Å². The maximum Gasteiger partial charge on any atom is 0.414 e. The Morgan fingerprint density at radius 3 is 2.82 bits per heavy atom. The summed E-state index contributed by atoms with van der Waals surface area (Å²) in [6, 6.07) is 6.44. The molecule has 1 heterocycles. The first kappa shape index (κ1) is 11.7. The number of rotatable bonds is 4. The number of benzene rings is 1. The van der Waals surface area contributed by atoms with E-state index < -0.39 is 0 Å². The molecule has 1 saturated heterocycles. The first-order chi connectivity index (χ1) is 8.20. The van der Waals surface area contributed by atoms with E-state index in [-0.39, 0.29) is 17.9 Å². The maximum atomic E-state index is 11.6. The van der Waals surface area contributed by atoms with Gasteiger partial charge in [0.05, 0.1) is 13.2 Å². The average molecular weight is 237 g/mol. The number of hydrogen-bond donors (Lipinski definition) is 1. The molecule has 17 heavy (non-hydrogen) atoms. The van der Waals surface area contributed by atoms with Crippen molar-refractivity contribution in [1.82, 2.24) is 0 Å². The van der Waals surface area contributed by atoms with Gasteiger partial charge in [-0.15, -0.1) is 0 Å². The van der Waals surface area contributed by atoms with Crippen LogP contribution in [0.3, 0.4) is 0 Å². The highest BCUT2D eigenvalue weighted by atomic mass is 16.6. The molecule has 1 amide bonds. The van der Waals surface area contributed by atoms with Crippen LogP contribution in [0, 0.1) is 0 Å². The van der Waals surface area contributed by atoms with Gasteiger partial charge in [0.2, 0.25) is 0 Å². The second kappa shape index (κ2) is 5.05. The molecule has 0 saturated carbocycles. The lowest BCUT2D eigenvalue weighted by Crippen LogP contribution is -2.25. The Hall–Kier alpha value is -1.75. The molecule has 1 atom stereocenters. The molecule has 1 fully saturated rings. The predicted molar refractivity (Wildman–Crippen MR) is 62.2 cm³/mol.